The van der Waals surface area contributed by atoms with Crippen LogP contribution in [0.3, 0.4) is 0 Å². The van der Waals surface area contributed by atoms with Crippen LogP contribution in [0, 0.1) is 11.3 Å². The number of benzene rings is 3. The minimum absolute atomic E-state index is 0.0119. The van der Waals surface area contributed by atoms with E-state index in [9.17, 15) is 14.9 Å². The lowest BCUT2D eigenvalue weighted by Crippen LogP contribution is -2.46. The first-order chi connectivity index (χ1) is 24.5. The molecule has 0 aromatic heterocycles. The predicted octanol–water partition coefficient (Wildman–Crippen LogP) is 6.17. The van der Waals surface area contributed by atoms with E-state index in [-0.39, 0.29) is 38.1 Å². The Kier molecular flexibility index (Phi) is 14.6. The Morgan fingerprint density at radius 3 is 1.98 bits per heavy atom. The van der Waals surface area contributed by atoms with Crippen LogP contribution in [-0.2, 0) is 24.1 Å². The number of rotatable bonds is 17. The van der Waals surface area contributed by atoms with Crippen molar-refractivity contribution in [3.8, 4) is 17.6 Å². The van der Waals surface area contributed by atoms with Crippen LogP contribution < -0.4 is 25.8 Å². The van der Waals surface area contributed by atoms with Gasteiger partial charge >= 0.3 is 12.1 Å². The molecule has 0 aliphatic carbocycles. The molecule has 1 fully saturated rings. The Hall–Kier alpha value is -4.28. The summed E-state index contributed by atoms with van der Waals surface area (Å²) in [6, 6.07) is 25.7. The first kappa shape index (κ1) is 39.5. The third-order valence-corrected chi connectivity index (χ3v) is 10.4. The van der Waals surface area contributed by atoms with Gasteiger partial charge in [0, 0.05) is 18.5 Å². The Morgan fingerprint density at radius 1 is 0.941 bits per heavy atom. The highest BCUT2D eigenvalue weighted by Crippen LogP contribution is 2.49. The summed E-state index contributed by atoms with van der Waals surface area (Å²) in [6.07, 6.45) is -1.78. The number of nitriles is 1. The molecule has 51 heavy (non-hydrogen) atoms. The number of nitrogens with one attached hydrogen (secondary N) is 2. The van der Waals surface area contributed by atoms with E-state index in [1.165, 1.54) is 0 Å². The van der Waals surface area contributed by atoms with Crippen molar-refractivity contribution in [2.24, 2.45) is 5.73 Å². The number of hydrogen-bond donors (Lipinski definition) is 3. The van der Waals surface area contributed by atoms with Crippen molar-refractivity contribution in [3.63, 3.8) is 0 Å². The van der Waals surface area contributed by atoms with Gasteiger partial charge in [0.1, 0.15) is 29.4 Å². The molecular formula is C37H48N5O8P. The van der Waals surface area contributed by atoms with E-state index in [4.69, 9.17) is 33.7 Å². The van der Waals surface area contributed by atoms with Crippen LogP contribution in [0.25, 0.3) is 0 Å². The molecule has 274 valence electrons. The Balaban J connectivity index is 1.77. The molecule has 1 heterocycles. The summed E-state index contributed by atoms with van der Waals surface area (Å²) < 4.78 is 39.6. The third kappa shape index (κ3) is 10.2. The van der Waals surface area contributed by atoms with Gasteiger partial charge in [-0.15, -0.1) is 0 Å². The Labute approximate surface area is 301 Å². The molecule has 13 nitrogen and oxygen atoms in total. The molecule has 1 aliphatic rings. The number of amides is 4. The monoisotopic (exact) mass is 721 g/mol. The van der Waals surface area contributed by atoms with Gasteiger partial charge in [0.05, 0.1) is 46.0 Å². The summed E-state index contributed by atoms with van der Waals surface area (Å²) in [7, 11) is 1.56. The number of carbonyl (C=O) groups excluding carboxylic acids is 2. The topological polar surface area (TPSA) is 167 Å². The number of urea groups is 2. The van der Waals surface area contributed by atoms with Crippen LogP contribution in [0.15, 0.2) is 78.9 Å². The number of ether oxygens (including phenoxy) is 4. The maximum Gasteiger partial charge on any atom is 0.324 e. The van der Waals surface area contributed by atoms with Gasteiger partial charge in [-0.3, -0.25) is 5.32 Å². The van der Waals surface area contributed by atoms with E-state index in [1.54, 1.807) is 14.2 Å². The summed E-state index contributed by atoms with van der Waals surface area (Å²) in [4.78, 5) is 23.9. The van der Waals surface area contributed by atoms with E-state index in [2.05, 4.69) is 43.8 Å². The molecule has 0 bridgehead atoms. The van der Waals surface area contributed by atoms with Crippen LogP contribution >= 0.6 is 8.53 Å². The molecule has 1 saturated heterocycles. The van der Waals surface area contributed by atoms with Gasteiger partial charge in [-0.1, -0.05) is 54.6 Å². The number of methoxy groups -OCH3 is 2. The van der Waals surface area contributed by atoms with Crippen molar-refractivity contribution >= 4 is 20.6 Å². The summed E-state index contributed by atoms with van der Waals surface area (Å²) >= 11 is 0. The first-order valence-electron chi connectivity index (χ1n) is 16.8. The minimum Gasteiger partial charge on any atom is -0.497 e. The van der Waals surface area contributed by atoms with Gasteiger partial charge in [0.25, 0.3) is 8.53 Å². The van der Waals surface area contributed by atoms with E-state index in [1.807, 2.05) is 84.2 Å². The van der Waals surface area contributed by atoms with Crippen LogP contribution in [0.1, 0.15) is 57.2 Å². The quantitative estimate of drug-likeness (QED) is 0.0834. The van der Waals surface area contributed by atoms with E-state index in [0.717, 1.165) is 16.7 Å². The summed E-state index contributed by atoms with van der Waals surface area (Å²) in [5, 5.41) is 13.9. The highest BCUT2D eigenvalue weighted by Gasteiger charge is 2.44. The average molecular weight is 722 g/mol. The van der Waals surface area contributed by atoms with Crippen molar-refractivity contribution < 1.29 is 37.6 Å². The fraction of sp³-hybridized carbons (Fsp3) is 0.432. The Bertz CT molecular complexity index is 1530. The Morgan fingerprint density at radius 2 is 1.49 bits per heavy atom. The van der Waals surface area contributed by atoms with Crippen molar-refractivity contribution in [3.05, 3.63) is 95.6 Å². The van der Waals surface area contributed by atoms with Gasteiger partial charge in [0.15, 0.2) is 0 Å². The summed E-state index contributed by atoms with van der Waals surface area (Å²) in [5.41, 5.74) is 6.56. The van der Waals surface area contributed by atoms with E-state index in [0.29, 0.717) is 11.5 Å². The molecule has 4 atom stereocenters. The second-order valence-corrected chi connectivity index (χ2v) is 13.8. The molecule has 0 spiro atoms. The van der Waals surface area contributed by atoms with Crippen LogP contribution in [0.5, 0.6) is 11.5 Å². The molecule has 4 amide bonds. The van der Waals surface area contributed by atoms with E-state index >= 15 is 0 Å². The summed E-state index contributed by atoms with van der Waals surface area (Å²) in [6.45, 7) is 8.39. The molecular weight excluding hydrogens is 673 g/mol. The van der Waals surface area contributed by atoms with Gasteiger partial charge in [-0.05, 0) is 68.7 Å². The van der Waals surface area contributed by atoms with E-state index < -0.39 is 44.6 Å². The summed E-state index contributed by atoms with van der Waals surface area (Å²) in [5.74, 6) is 1.38. The maximum absolute atomic E-state index is 12.5. The number of carbonyl (C=O) groups is 2. The molecule has 3 aromatic carbocycles. The number of nitrogens with two attached hydrogens (primary N) is 1. The zero-order valence-corrected chi connectivity index (χ0v) is 30.8. The van der Waals surface area contributed by atoms with Crippen LogP contribution in [-0.4, -0.2) is 74.7 Å². The highest BCUT2D eigenvalue weighted by molar-refractivity contribution is 7.44. The molecule has 1 aliphatic heterocycles. The lowest BCUT2D eigenvalue weighted by atomic mass is 9.80. The van der Waals surface area contributed by atoms with Gasteiger partial charge in [-0.25, -0.2) is 14.3 Å². The zero-order chi connectivity index (χ0) is 37.0. The van der Waals surface area contributed by atoms with Crippen molar-refractivity contribution in [1.82, 2.24) is 15.3 Å². The smallest absolute Gasteiger partial charge is 0.324 e. The van der Waals surface area contributed by atoms with Crippen molar-refractivity contribution in [2.45, 2.75) is 76.7 Å². The molecule has 0 saturated carbocycles. The molecule has 1 unspecified atom stereocenters. The first-order valence-corrected chi connectivity index (χ1v) is 17.9. The van der Waals surface area contributed by atoms with Crippen LogP contribution in [0.2, 0.25) is 0 Å². The predicted molar refractivity (Wildman–Crippen MR) is 193 cm³/mol. The number of primary amides is 1. The fourth-order valence-electron chi connectivity index (χ4n) is 6.05. The number of nitrogens with zero attached hydrogens (tertiary/aromatic N) is 2. The molecule has 4 N–H and O–H groups in total. The molecule has 0 radical (unpaired) electrons. The average Bonchev–Trinajstić information content (AvgIpc) is 3.48. The largest absolute Gasteiger partial charge is 0.497 e. The van der Waals surface area contributed by atoms with Gasteiger partial charge in [-0.2, -0.15) is 5.26 Å². The molecule has 14 heteroatoms. The SMILES string of the molecule is COc1ccc(C(OC[C@H]2O[C@@H](NC(=O)NC(N)=O)C[C@@H]2OP(OCCC#N)N(C(C)C)C(C)C)(c2ccccc2)c2ccc(OC)cc2)cc1. The normalized spacial score (nSPS) is 18.0. The molecule has 3 aromatic rings. The van der Waals surface area contributed by atoms with Crippen molar-refractivity contribution in [1.29, 1.82) is 5.26 Å². The second-order valence-electron chi connectivity index (χ2n) is 12.4. The second kappa shape index (κ2) is 18.8. The van der Waals surface area contributed by atoms with Gasteiger partial charge < -0.3 is 39.0 Å². The third-order valence-electron chi connectivity index (χ3n) is 8.25. The van der Waals surface area contributed by atoms with Gasteiger partial charge in [0.2, 0.25) is 0 Å². The number of hydrogen-bond acceptors (Lipinski definition) is 10. The lowest BCUT2D eigenvalue weighted by molar-refractivity contribution is -0.0825. The van der Waals surface area contributed by atoms with Crippen molar-refractivity contribution in [2.75, 3.05) is 27.4 Å². The maximum atomic E-state index is 12.5. The lowest BCUT2D eigenvalue weighted by Gasteiger charge is -2.39. The zero-order valence-electron chi connectivity index (χ0n) is 29.9. The highest BCUT2D eigenvalue weighted by atomic mass is 31.2. The molecule has 4 rings (SSSR count). The minimum atomic E-state index is -1.67. The standard InChI is InChI=1S/C37H48N5O8P/c1-25(2)42(26(3)4)51(48-22-10-21-38)50-32-23-34(40-36(44)41-35(39)43)49-33(32)24-47-37(27-11-8-7-9-12-27,28-13-17-30(45-5)18-14-28)29-15-19-31(46-6)20-16-29/h7-9,11-20,25-26,32-34H,10,22-24H2,1-6H3,(H4,39,40,41,43,44)/t32-,33+,34+,51?/m0/s1. The van der Waals surface area contributed by atoms with Crippen LogP contribution in [0.4, 0.5) is 9.59 Å². The fourth-order valence-corrected chi connectivity index (χ4v) is 7.81. The number of imide groups is 1.